The fourth-order valence-electron chi connectivity index (χ4n) is 2.24. The second kappa shape index (κ2) is 9.86. The molecule has 0 aliphatic rings. The van der Waals surface area contributed by atoms with Gasteiger partial charge in [0.2, 0.25) is 5.91 Å². The molecule has 25 heavy (non-hydrogen) atoms. The lowest BCUT2D eigenvalue weighted by Crippen LogP contribution is -2.38. The lowest BCUT2D eigenvalue weighted by atomic mass is 10.0. The smallest absolute Gasteiger partial charge is 0.251 e. The fourth-order valence-corrected chi connectivity index (χ4v) is 2.65. The topological polar surface area (TPSA) is 67.4 Å². The number of carbonyl (C=O) groups is 2. The zero-order valence-corrected chi connectivity index (χ0v) is 15.2. The number of benzene rings is 2. The van der Waals surface area contributed by atoms with Crippen LogP contribution in [0.5, 0.6) is 0 Å². The van der Waals surface area contributed by atoms with Crippen LogP contribution in [0.15, 0.2) is 53.4 Å². The summed E-state index contributed by atoms with van der Waals surface area (Å²) in [4.78, 5) is 25.1. The van der Waals surface area contributed by atoms with Crippen molar-refractivity contribution in [2.24, 2.45) is 0 Å². The number of rotatable bonds is 8. The summed E-state index contributed by atoms with van der Waals surface area (Å²) in [6, 6.07) is 15.5. The van der Waals surface area contributed by atoms with Crippen LogP contribution < -0.4 is 10.6 Å². The predicted molar refractivity (Wildman–Crippen MR) is 101 cm³/mol. The quantitative estimate of drug-likeness (QED) is 0.562. The minimum absolute atomic E-state index is 0.0603. The largest absolute Gasteiger partial charge is 0.383 e. The minimum atomic E-state index is -0.274. The molecule has 0 unspecified atom stereocenters. The van der Waals surface area contributed by atoms with Gasteiger partial charge in [-0.05, 0) is 41.6 Å². The van der Waals surface area contributed by atoms with Crippen molar-refractivity contribution in [1.29, 1.82) is 0 Å². The Kier molecular flexibility index (Phi) is 7.50. The second-order valence-corrected chi connectivity index (χ2v) is 6.21. The van der Waals surface area contributed by atoms with Crippen LogP contribution >= 0.6 is 11.8 Å². The molecule has 0 atom stereocenters. The van der Waals surface area contributed by atoms with Crippen LogP contribution in [0.25, 0.3) is 11.1 Å². The van der Waals surface area contributed by atoms with E-state index < -0.39 is 0 Å². The number of nitrogens with one attached hydrogen (secondary N) is 2. The van der Waals surface area contributed by atoms with Crippen molar-refractivity contribution in [3.05, 3.63) is 54.1 Å². The van der Waals surface area contributed by atoms with Gasteiger partial charge in [0, 0.05) is 24.1 Å². The molecule has 0 radical (unpaired) electrons. The summed E-state index contributed by atoms with van der Waals surface area (Å²) < 4.78 is 4.85. The molecule has 0 bridgehead atoms. The summed E-state index contributed by atoms with van der Waals surface area (Å²) >= 11 is 1.69. The Morgan fingerprint density at radius 1 is 1.04 bits per heavy atom. The molecule has 0 fully saturated rings. The van der Waals surface area contributed by atoms with E-state index in [0.717, 1.165) is 11.1 Å². The Hall–Kier alpha value is -2.31. The van der Waals surface area contributed by atoms with E-state index in [2.05, 4.69) is 22.8 Å². The maximum absolute atomic E-state index is 12.2. The molecule has 2 rings (SSSR count). The van der Waals surface area contributed by atoms with Crippen LogP contribution in [0.1, 0.15) is 10.4 Å². The van der Waals surface area contributed by atoms with Crippen LogP contribution in [0.2, 0.25) is 0 Å². The van der Waals surface area contributed by atoms with Crippen molar-refractivity contribution in [2.75, 3.05) is 33.1 Å². The molecule has 0 aromatic heterocycles. The van der Waals surface area contributed by atoms with Gasteiger partial charge >= 0.3 is 0 Å². The Morgan fingerprint density at radius 2 is 1.80 bits per heavy atom. The molecule has 132 valence electrons. The number of methoxy groups -OCH3 is 1. The van der Waals surface area contributed by atoms with Gasteiger partial charge in [0.25, 0.3) is 5.91 Å². The Labute approximate surface area is 152 Å². The monoisotopic (exact) mass is 358 g/mol. The average molecular weight is 358 g/mol. The molecule has 2 aromatic carbocycles. The fraction of sp³-hybridized carbons (Fsp3) is 0.263. The number of amides is 2. The van der Waals surface area contributed by atoms with Gasteiger partial charge in [-0.1, -0.05) is 24.3 Å². The molecule has 5 nitrogen and oxygen atoms in total. The summed E-state index contributed by atoms with van der Waals surface area (Å²) in [5.41, 5.74) is 2.53. The zero-order valence-electron chi connectivity index (χ0n) is 14.4. The normalized spacial score (nSPS) is 10.3. The summed E-state index contributed by atoms with van der Waals surface area (Å²) in [5.74, 6) is -0.515. The van der Waals surface area contributed by atoms with Crippen LogP contribution in [-0.2, 0) is 9.53 Å². The zero-order chi connectivity index (χ0) is 18.1. The molecule has 0 saturated carbocycles. The lowest BCUT2D eigenvalue weighted by molar-refractivity contribution is -0.120. The van der Waals surface area contributed by atoms with E-state index >= 15 is 0 Å². The van der Waals surface area contributed by atoms with E-state index in [1.165, 1.54) is 4.90 Å². The SMILES string of the molecule is COCCNC(=O)CNC(=O)c1cccc(-c2ccc(SC)cc2)c1. The van der Waals surface area contributed by atoms with E-state index in [9.17, 15) is 9.59 Å². The number of hydrogen-bond donors (Lipinski definition) is 2. The van der Waals surface area contributed by atoms with Crippen molar-refractivity contribution in [3.8, 4) is 11.1 Å². The number of carbonyl (C=O) groups excluding carboxylic acids is 2. The molecule has 2 N–H and O–H groups in total. The van der Waals surface area contributed by atoms with Gasteiger partial charge in [-0.2, -0.15) is 0 Å². The molecular formula is C19H22N2O3S. The first kappa shape index (κ1) is 19.0. The molecule has 0 saturated heterocycles. The summed E-state index contributed by atoms with van der Waals surface area (Å²) in [7, 11) is 1.57. The van der Waals surface area contributed by atoms with Gasteiger partial charge in [-0.25, -0.2) is 0 Å². The summed E-state index contributed by atoms with van der Waals surface area (Å²) in [6.45, 7) is 0.805. The van der Waals surface area contributed by atoms with Gasteiger partial charge in [0.15, 0.2) is 0 Å². The summed E-state index contributed by atoms with van der Waals surface area (Å²) in [5, 5.41) is 5.29. The summed E-state index contributed by atoms with van der Waals surface area (Å²) in [6.07, 6.45) is 2.03. The van der Waals surface area contributed by atoms with E-state index in [1.54, 1.807) is 24.9 Å². The highest BCUT2D eigenvalue weighted by Crippen LogP contribution is 2.23. The first-order valence-corrected chi connectivity index (χ1v) is 9.15. The highest BCUT2D eigenvalue weighted by Gasteiger charge is 2.09. The first-order chi connectivity index (χ1) is 12.1. The maximum atomic E-state index is 12.2. The van der Waals surface area contributed by atoms with Crippen LogP contribution in [-0.4, -0.2) is 44.9 Å². The maximum Gasteiger partial charge on any atom is 0.251 e. The molecule has 2 aromatic rings. The van der Waals surface area contributed by atoms with Crippen molar-refractivity contribution >= 4 is 23.6 Å². The van der Waals surface area contributed by atoms with Crippen molar-refractivity contribution < 1.29 is 14.3 Å². The number of hydrogen-bond acceptors (Lipinski definition) is 4. The highest BCUT2D eigenvalue weighted by molar-refractivity contribution is 7.98. The number of thioether (sulfide) groups is 1. The third-order valence-corrected chi connectivity index (χ3v) is 4.33. The first-order valence-electron chi connectivity index (χ1n) is 7.92. The Morgan fingerprint density at radius 3 is 2.48 bits per heavy atom. The minimum Gasteiger partial charge on any atom is -0.383 e. The highest BCUT2D eigenvalue weighted by atomic mass is 32.2. The molecule has 6 heteroatoms. The van der Waals surface area contributed by atoms with E-state index in [-0.39, 0.29) is 18.4 Å². The Balaban J connectivity index is 1.97. The Bertz CT molecular complexity index is 717. The van der Waals surface area contributed by atoms with Gasteiger partial charge in [-0.3, -0.25) is 9.59 Å². The molecule has 0 aliphatic heterocycles. The van der Waals surface area contributed by atoms with Gasteiger partial charge in [0.1, 0.15) is 0 Å². The van der Waals surface area contributed by atoms with E-state index in [0.29, 0.717) is 18.7 Å². The van der Waals surface area contributed by atoms with Gasteiger partial charge in [-0.15, -0.1) is 11.8 Å². The van der Waals surface area contributed by atoms with Crippen molar-refractivity contribution in [1.82, 2.24) is 10.6 Å². The van der Waals surface area contributed by atoms with Crippen LogP contribution in [0, 0.1) is 0 Å². The average Bonchev–Trinajstić information content (AvgIpc) is 2.66. The van der Waals surface area contributed by atoms with Gasteiger partial charge in [0.05, 0.1) is 13.2 Å². The van der Waals surface area contributed by atoms with E-state index in [4.69, 9.17) is 4.74 Å². The van der Waals surface area contributed by atoms with Crippen LogP contribution in [0.3, 0.4) is 0 Å². The second-order valence-electron chi connectivity index (χ2n) is 5.33. The molecule has 0 aliphatic carbocycles. The van der Waals surface area contributed by atoms with E-state index in [1.807, 2.05) is 36.6 Å². The predicted octanol–water partition coefficient (Wildman–Crippen LogP) is 2.57. The van der Waals surface area contributed by atoms with Gasteiger partial charge < -0.3 is 15.4 Å². The van der Waals surface area contributed by atoms with Crippen molar-refractivity contribution in [3.63, 3.8) is 0 Å². The lowest BCUT2D eigenvalue weighted by Gasteiger charge is -2.08. The number of ether oxygens (including phenoxy) is 1. The molecule has 0 heterocycles. The molecule has 0 spiro atoms. The third-order valence-electron chi connectivity index (χ3n) is 3.59. The molecular weight excluding hydrogens is 336 g/mol. The standard InChI is InChI=1S/C19H22N2O3S/c1-24-11-10-20-18(22)13-21-19(23)16-5-3-4-15(12-16)14-6-8-17(25-2)9-7-14/h3-9,12H,10-11,13H2,1-2H3,(H,20,22)(H,21,23). The van der Waals surface area contributed by atoms with Crippen molar-refractivity contribution in [2.45, 2.75) is 4.90 Å². The third kappa shape index (κ3) is 5.92. The molecule has 2 amide bonds. The van der Waals surface area contributed by atoms with Crippen LogP contribution in [0.4, 0.5) is 0 Å².